The maximum atomic E-state index is 14.0. The summed E-state index contributed by atoms with van der Waals surface area (Å²) in [7, 11) is 0. The second-order valence-corrected chi connectivity index (χ2v) is 9.23. The van der Waals surface area contributed by atoms with E-state index >= 15 is 0 Å². The van der Waals surface area contributed by atoms with E-state index in [1.807, 2.05) is 19.1 Å². The molecule has 0 spiro atoms. The van der Waals surface area contributed by atoms with Crippen LogP contribution in [0.15, 0.2) is 48.8 Å². The van der Waals surface area contributed by atoms with Gasteiger partial charge in [-0.2, -0.15) is 8.78 Å². The molecular formula is C24H20F2N6S. The number of aromatic nitrogens is 5. The molecule has 1 aliphatic carbocycles. The molecule has 0 radical (unpaired) electrons. The minimum absolute atomic E-state index is 0.271. The van der Waals surface area contributed by atoms with Crippen LogP contribution < -0.4 is 5.32 Å². The van der Waals surface area contributed by atoms with E-state index in [0.29, 0.717) is 22.7 Å². The highest BCUT2D eigenvalue weighted by Crippen LogP contribution is 2.41. The van der Waals surface area contributed by atoms with Crippen molar-refractivity contribution < 1.29 is 8.78 Å². The summed E-state index contributed by atoms with van der Waals surface area (Å²) in [5, 5.41) is 4.39. The second kappa shape index (κ2) is 7.84. The largest absolute Gasteiger partial charge is 0.360 e. The van der Waals surface area contributed by atoms with Gasteiger partial charge in [-0.15, -0.1) is 11.3 Å². The maximum Gasteiger partial charge on any atom is 0.320 e. The van der Waals surface area contributed by atoms with Crippen molar-refractivity contribution in [2.24, 2.45) is 0 Å². The Kier molecular flexibility index (Phi) is 4.79. The van der Waals surface area contributed by atoms with E-state index < -0.39 is 12.6 Å². The van der Waals surface area contributed by atoms with Crippen LogP contribution in [0.2, 0.25) is 0 Å². The van der Waals surface area contributed by atoms with Crippen molar-refractivity contribution in [3.05, 3.63) is 65.1 Å². The summed E-state index contributed by atoms with van der Waals surface area (Å²) in [4.78, 5) is 20.6. The number of nitrogens with one attached hydrogen (secondary N) is 1. The number of alkyl halides is 2. The van der Waals surface area contributed by atoms with Gasteiger partial charge in [-0.1, -0.05) is 12.1 Å². The molecule has 4 aromatic heterocycles. The van der Waals surface area contributed by atoms with E-state index in [9.17, 15) is 8.78 Å². The molecule has 6 nitrogen and oxygen atoms in total. The zero-order chi connectivity index (χ0) is 22.5. The van der Waals surface area contributed by atoms with E-state index in [-0.39, 0.29) is 5.82 Å². The van der Waals surface area contributed by atoms with Crippen molar-refractivity contribution in [3.63, 3.8) is 0 Å². The lowest BCUT2D eigenvalue weighted by Gasteiger charge is -2.18. The van der Waals surface area contributed by atoms with Crippen LogP contribution in [-0.2, 0) is 12.8 Å². The number of imidazole rings is 1. The van der Waals surface area contributed by atoms with Gasteiger partial charge in [-0.3, -0.25) is 9.55 Å². The van der Waals surface area contributed by atoms with Gasteiger partial charge in [0, 0.05) is 22.8 Å². The number of anilines is 1. The average Bonchev–Trinajstić information content (AvgIpc) is 3.51. The number of aryl methyl sites for hydroxylation is 2. The van der Waals surface area contributed by atoms with E-state index in [1.165, 1.54) is 10.4 Å². The lowest BCUT2D eigenvalue weighted by Crippen LogP contribution is -2.16. The highest BCUT2D eigenvalue weighted by atomic mass is 32.1. The molecule has 1 atom stereocenters. The number of fused-ring (bicyclic) bond motifs is 4. The normalized spacial score (nSPS) is 14.3. The molecule has 9 heteroatoms. The Balaban J connectivity index is 1.49. The van der Waals surface area contributed by atoms with Crippen LogP contribution in [0.3, 0.4) is 0 Å². The summed E-state index contributed by atoms with van der Waals surface area (Å²) in [6, 6.07) is 10.2. The second-order valence-electron chi connectivity index (χ2n) is 8.15. The van der Waals surface area contributed by atoms with Crippen LogP contribution in [0.25, 0.3) is 32.6 Å². The number of para-hydroxylation sites is 2. The number of pyridine rings is 1. The SMILES string of the molecule is C[C@@H](Nc1nc(-c2cccnc2)nc2sc3c(c12)CCC3)c1nc2ccccc2n1C(F)F. The maximum absolute atomic E-state index is 14.0. The van der Waals surface area contributed by atoms with Crippen molar-refractivity contribution >= 4 is 38.4 Å². The molecule has 1 aliphatic rings. The van der Waals surface area contributed by atoms with E-state index in [2.05, 4.69) is 15.3 Å². The van der Waals surface area contributed by atoms with Gasteiger partial charge in [-0.05, 0) is 56.0 Å². The van der Waals surface area contributed by atoms with Crippen molar-refractivity contribution in [1.29, 1.82) is 0 Å². The summed E-state index contributed by atoms with van der Waals surface area (Å²) in [6.07, 6.45) is 6.56. The first-order valence-electron chi connectivity index (χ1n) is 10.8. The third-order valence-corrected chi connectivity index (χ3v) is 7.23. The quantitative estimate of drug-likeness (QED) is 0.339. The van der Waals surface area contributed by atoms with Crippen LogP contribution in [0.4, 0.5) is 14.6 Å². The molecule has 4 heterocycles. The first-order chi connectivity index (χ1) is 16.1. The molecule has 0 amide bonds. The molecule has 5 aromatic rings. The molecule has 166 valence electrons. The van der Waals surface area contributed by atoms with E-state index in [4.69, 9.17) is 9.97 Å². The Morgan fingerprint density at radius 3 is 2.76 bits per heavy atom. The van der Waals surface area contributed by atoms with Crippen LogP contribution in [0, 0.1) is 0 Å². The van der Waals surface area contributed by atoms with Crippen molar-refractivity contribution in [1.82, 2.24) is 24.5 Å². The van der Waals surface area contributed by atoms with Crippen LogP contribution >= 0.6 is 11.3 Å². The number of nitrogens with zero attached hydrogens (tertiary/aromatic N) is 5. The van der Waals surface area contributed by atoms with Crippen LogP contribution in [0.5, 0.6) is 0 Å². The Labute approximate surface area is 192 Å². The lowest BCUT2D eigenvalue weighted by atomic mass is 10.1. The van der Waals surface area contributed by atoms with Gasteiger partial charge in [0.2, 0.25) is 0 Å². The number of rotatable bonds is 5. The fraction of sp³-hybridized carbons (Fsp3) is 0.250. The standard InChI is InChI=1S/C24H20F2N6S/c1-13(22-29-16-8-2-3-9-17(16)32(22)24(25)26)28-21-19-15-7-4-10-18(15)33-23(19)31-20(30-21)14-6-5-11-27-12-14/h2-3,5-6,8-9,11-13,24H,4,7,10H2,1H3,(H,28,30,31)/t13-/m1/s1. The van der Waals surface area contributed by atoms with Gasteiger partial charge in [0.1, 0.15) is 16.5 Å². The van der Waals surface area contributed by atoms with Crippen LogP contribution in [0.1, 0.15) is 42.2 Å². The van der Waals surface area contributed by atoms with E-state index in [0.717, 1.165) is 39.6 Å². The number of halogens is 2. The molecule has 0 bridgehead atoms. The van der Waals surface area contributed by atoms with Crippen LogP contribution in [-0.4, -0.2) is 24.5 Å². The molecule has 0 unspecified atom stereocenters. The Morgan fingerprint density at radius 1 is 1.06 bits per heavy atom. The molecule has 1 N–H and O–H groups in total. The summed E-state index contributed by atoms with van der Waals surface area (Å²) in [6.45, 7) is -0.858. The zero-order valence-electron chi connectivity index (χ0n) is 17.8. The molecule has 0 aliphatic heterocycles. The van der Waals surface area contributed by atoms with Gasteiger partial charge in [-0.25, -0.2) is 15.0 Å². The third-order valence-electron chi connectivity index (χ3n) is 6.04. The first-order valence-corrected chi connectivity index (χ1v) is 11.7. The monoisotopic (exact) mass is 462 g/mol. The number of hydrogen-bond donors (Lipinski definition) is 1. The lowest BCUT2D eigenvalue weighted by molar-refractivity contribution is 0.0708. The molecule has 0 saturated heterocycles. The molecule has 0 saturated carbocycles. The summed E-state index contributed by atoms with van der Waals surface area (Å²) >= 11 is 1.69. The van der Waals surface area contributed by atoms with Gasteiger partial charge >= 0.3 is 6.55 Å². The summed E-state index contributed by atoms with van der Waals surface area (Å²) in [5.74, 6) is 1.49. The van der Waals surface area contributed by atoms with E-state index in [1.54, 1.807) is 48.0 Å². The summed E-state index contributed by atoms with van der Waals surface area (Å²) in [5.41, 5.74) is 3.03. The molecule has 6 rings (SSSR count). The fourth-order valence-electron chi connectivity index (χ4n) is 4.57. The van der Waals surface area contributed by atoms with Gasteiger partial charge in [0.05, 0.1) is 22.5 Å². The topological polar surface area (TPSA) is 68.5 Å². The summed E-state index contributed by atoms with van der Waals surface area (Å²) < 4.78 is 29.0. The fourth-order valence-corrected chi connectivity index (χ4v) is 5.83. The van der Waals surface area contributed by atoms with Crippen molar-refractivity contribution in [2.75, 3.05) is 5.32 Å². The predicted octanol–water partition coefficient (Wildman–Crippen LogP) is 6.16. The van der Waals surface area contributed by atoms with Crippen molar-refractivity contribution in [2.45, 2.75) is 38.8 Å². The Hall–Kier alpha value is -3.46. The first kappa shape index (κ1) is 20.2. The minimum atomic E-state index is -2.70. The Bertz CT molecular complexity index is 1480. The highest BCUT2D eigenvalue weighted by Gasteiger charge is 2.26. The molecule has 33 heavy (non-hydrogen) atoms. The zero-order valence-corrected chi connectivity index (χ0v) is 18.6. The molecule has 1 aromatic carbocycles. The number of thiophene rings is 1. The minimum Gasteiger partial charge on any atom is -0.360 e. The Morgan fingerprint density at radius 2 is 1.94 bits per heavy atom. The number of hydrogen-bond acceptors (Lipinski definition) is 6. The number of benzene rings is 1. The third kappa shape index (κ3) is 3.34. The van der Waals surface area contributed by atoms with Gasteiger partial charge in [0.15, 0.2) is 5.82 Å². The average molecular weight is 463 g/mol. The van der Waals surface area contributed by atoms with Gasteiger partial charge in [0.25, 0.3) is 0 Å². The highest BCUT2D eigenvalue weighted by molar-refractivity contribution is 7.19. The molecule has 0 fully saturated rings. The van der Waals surface area contributed by atoms with Gasteiger partial charge < -0.3 is 5.32 Å². The predicted molar refractivity (Wildman–Crippen MR) is 126 cm³/mol. The smallest absolute Gasteiger partial charge is 0.320 e. The van der Waals surface area contributed by atoms with Crippen molar-refractivity contribution in [3.8, 4) is 11.4 Å². The molecular weight excluding hydrogens is 442 g/mol.